The van der Waals surface area contributed by atoms with E-state index in [2.05, 4.69) is 45.6 Å². The van der Waals surface area contributed by atoms with Gasteiger partial charge in [-0.15, -0.1) is 0 Å². The van der Waals surface area contributed by atoms with Gasteiger partial charge in [-0.05, 0) is 36.8 Å². The lowest BCUT2D eigenvalue weighted by atomic mass is 10.1. The van der Waals surface area contributed by atoms with Crippen molar-refractivity contribution < 1.29 is 4.74 Å². The Hall–Kier alpha value is -0.650. The van der Waals surface area contributed by atoms with Crippen molar-refractivity contribution in [2.24, 2.45) is 0 Å². The Morgan fingerprint density at radius 3 is 2.65 bits per heavy atom. The predicted octanol–water partition coefficient (Wildman–Crippen LogP) is 2.62. The molecule has 0 bridgehead atoms. The van der Waals surface area contributed by atoms with Crippen LogP contribution in [-0.2, 0) is 4.74 Å². The summed E-state index contributed by atoms with van der Waals surface area (Å²) in [6, 6.07) is 8.37. The van der Waals surface area contributed by atoms with E-state index in [1.807, 2.05) is 12.1 Å². The standard InChI is InChI=1S/C12H17BrN2OS/c1-9(10-3-5-11(13)6-4-10)15-12(17)14-7-8-16-2/h3-6,9H,7-8H2,1-2H3,(H2,14,15,17)/t9-/m0/s1. The number of halogens is 1. The molecule has 0 aliphatic heterocycles. The molecule has 0 saturated carbocycles. The number of thiocarbonyl (C=S) groups is 1. The fourth-order valence-electron chi connectivity index (χ4n) is 1.35. The highest BCUT2D eigenvalue weighted by atomic mass is 79.9. The fourth-order valence-corrected chi connectivity index (χ4v) is 1.89. The highest BCUT2D eigenvalue weighted by Gasteiger charge is 2.06. The van der Waals surface area contributed by atoms with Crippen molar-refractivity contribution in [2.75, 3.05) is 20.3 Å². The number of rotatable bonds is 5. The normalized spacial score (nSPS) is 11.9. The number of benzene rings is 1. The van der Waals surface area contributed by atoms with Crippen LogP contribution in [0, 0.1) is 0 Å². The Morgan fingerprint density at radius 2 is 2.06 bits per heavy atom. The zero-order valence-electron chi connectivity index (χ0n) is 10.00. The summed E-state index contributed by atoms with van der Waals surface area (Å²) in [5.41, 5.74) is 1.20. The van der Waals surface area contributed by atoms with Crippen LogP contribution in [0.2, 0.25) is 0 Å². The minimum atomic E-state index is 0.186. The molecule has 1 aromatic rings. The molecule has 0 heterocycles. The Kier molecular flexibility index (Phi) is 6.47. The molecule has 0 spiro atoms. The van der Waals surface area contributed by atoms with Gasteiger partial charge in [0.05, 0.1) is 12.6 Å². The molecule has 0 saturated heterocycles. The van der Waals surface area contributed by atoms with E-state index in [1.54, 1.807) is 7.11 Å². The monoisotopic (exact) mass is 316 g/mol. The van der Waals surface area contributed by atoms with Gasteiger partial charge >= 0.3 is 0 Å². The fraction of sp³-hybridized carbons (Fsp3) is 0.417. The first-order valence-electron chi connectivity index (χ1n) is 5.42. The van der Waals surface area contributed by atoms with E-state index in [0.29, 0.717) is 11.7 Å². The van der Waals surface area contributed by atoms with Crippen LogP contribution >= 0.6 is 28.1 Å². The quantitative estimate of drug-likeness (QED) is 0.646. The molecule has 1 aromatic carbocycles. The van der Waals surface area contributed by atoms with Crippen molar-refractivity contribution >= 4 is 33.3 Å². The average Bonchev–Trinajstić information content (AvgIpc) is 2.30. The summed E-state index contributed by atoms with van der Waals surface area (Å²) in [6.07, 6.45) is 0. The van der Waals surface area contributed by atoms with E-state index in [4.69, 9.17) is 17.0 Å². The average molecular weight is 317 g/mol. The van der Waals surface area contributed by atoms with E-state index in [-0.39, 0.29) is 6.04 Å². The van der Waals surface area contributed by atoms with Crippen molar-refractivity contribution in [2.45, 2.75) is 13.0 Å². The Morgan fingerprint density at radius 1 is 1.41 bits per heavy atom. The summed E-state index contributed by atoms with van der Waals surface area (Å²) in [7, 11) is 1.67. The first-order chi connectivity index (χ1) is 8.13. The first-order valence-corrected chi connectivity index (χ1v) is 6.62. The van der Waals surface area contributed by atoms with Crippen LogP contribution < -0.4 is 10.6 Å². The summed E-state index contributed by atoms with van der Waals surface area (Å²) in [5, 5.41) is 6.96. The maximum Gasteiger partial charge on any atom is 0.166 e. The molecule has 5 heteroatoms. The van der Waals surface area contributed by atoms with Gasteiger partial charge in [0.1, 0.15) is 0 Å². The van der Waals surface area contributed by atoms with Gasteiger partial charge < -0.3 is 15.4 Å². The zero-order valence-corrected chi connectivity index (χ0v) is 12.4. The van der Waals surface area contributed by atoms with Crippen LogP contribution in [0.5, 0.6) is 0 Å². The van der Waals surface area contributed by atoms with E-state index < -0.39 is 0 Å². The van der Waals surface area contributed by atoms with Crippen molar-refractivity contribution in [3.8, 4) is 0 Å². The SMILES string of the molecule is COCCNC(=S)N[C@@H](C)c1ccc(Br)cc1. The van der Waals surface area contributed by atoms with Gasteiger partial charge in [-0.2, -0.15) is 0 Å². The highest BCUT2D eigenvalue weighted by molar-refractivity contribution is 9.10. The number of methoxy groups -OCH3 is 1. The van der Waals surface area contributed by atoms with E-state index >= 15 is 0 Å². The molecule has 94 valence electrons. The summed E-state index contributed by atoms with van der Waals surface area (Å²) in [6.45, 7) is 3.44. The molecule has 1 atom stereocenters. The second kappa shape index (κ2) is 7.63. The lowest BCUT2D eigenvalue weighted by Crippen LogP contribution is -2.38. The summed E-state index contributed by atoms with van der Waals surface area (Å²) in [5.74, 6) is 0. The molecule has 0 aliphatic rings. The minimum absolute atomic E-state index is 0.186. The molecule has 0 fully saturated rings. The minimum Gasteiger partial charge on any atom is -0.383 e. The Balaban J connectivity index is 2.40. The van der Waals surface area contributed by atoms with E-state index in [0.717, 1.165) is 11.0 Å². The maximum absolute atomic E-state index is 5.18. The number of hydrogen-bond donors (Lipinski definition) is 2. The van der Waals surface area contributed by atoms with Gasteiger partial charge in [-0.25, -0.2) is 0 Å². The lowest BCUT2D eigenvalue weighted by molar-refractivity contribution is 0.204. The van der Waals surface area contributed by atoms with Gasteiger partial charge in [0, 0.05) is 18.1 Å². The smallest absolute Gasteiger partial charge is 0.166 e. The number of nitrogens with one attached hydrogen (secondary N) is 2. The van der Waals surface area contributed by atoms with Crippen LogP contribution in [0.15, 0.2) is 28.7 Å². The largest absolute Gasteiger partial charge is 0.383 e. The Bertz CT molecular complexity index is 356. The van der Waals surface area contributed by atoms with Gasteiger partial charge in [-0.3, -0.25) is 0 Å². The van der Waals surface area contributed by atoms with Crippen molar-refractivity contribution in [3.05, 3.63) is 34.3 Å². The third kappa shape index (κ3) is 5.48. The number of ether oxygens (including phenoxy) is 1. The van der Waals surface area contributed by atoms with Crippen molar-refractivity contribution in [3.63, 3.8) is 0 Å². The molecular weight excluding hydrogens is 300 g/mol. The summed E-state index contributed by atoms with van der Waals surface area (Å²) in [4.78, 5) is 0. The molecule has 0 aromatic heterocycles. The van der Waals surface area contributed by atoms with Crippen LogP contribution in [0.4, 0.5) is 0 Å². The Labute approximate surface area is 116 Å². The van der Waals surface area contributed by atoms with Crippen LogP contribution in [-0.4, -0.2) is 25.4 Å². The maximum atomic E-state index is 5.18. The summed E-state index contributed by atoms with van der Waals surface area (Å²) < 4.78 is 6.02. The number of hydrogen-bond acceptors (Lipinski definition) is 2. The van der Waals surface area contributed by atoms with Crippen LogP contribution in [0.1, 0.15) is 18.5 Å². The molecular formula is C12H17BrN2OS. The van der Waals surface area contributed by atoms with Crippen molar-refractivity contribution in [1.29, 1.82) is 0 Å². The van der Waals surface area contributed by atoms with Crippen LogP contribution in [0.25, 0.3) is 0 Å². The predicted molar refractivity (Wildman–Crippen MR) is 78.2 cm³/mol. The molecule has 0 aliphatic carbocycles. The molecule has 2 N–H and O–H groups in total. The van der Waals surface area contributed by atoms with Crippen molar-refractivity contribution in [1.82, 2.24) is 10.6 Å². The van der Waals surface area contributed by atoms with Gasteiger partial charge in [0.25, 0.3) is 0 Å². The first kappa shape index (κ1) is 14.4. The molecule has 0 amide bonds. The highest BCUT2D eigenvalue weighted by Crippen LogP contribution is 2.16. The third-order valence-corrected chi connectivity index (χ3v) is 3.10. The van der Waals surface area contributed by atoms with Gasteiger partial charge in [0.15, 0.2) is 5.11 Å². The van der Waals surface area contributed by atoms with E-state index in [9.17, 15) is 0 Å². The van der Waals surface area contributed by atoms with E-state index in [1.165, 1.54) is 5.56 Å². The van der Waals surface area contributed by atoms with Gasteiger partial charge in [-0.1, -0.05) is 28.1 Å². The molecule has 1 rings (SSSR count). The molecule has 3 nitrogen and oxygen atoms in total. The van der Waals surface area contributed by atoms with Crippen LogP contribution in [0.3, 0.4) is 0 Å². The molecule has 0 unspecified atom stereocenters. The molecule has 0 radical (unpaired) electrons. The lowest BCUT2D eigenvalue weighted by Gasteiger charge is -2.17. The second-order valence-electron chi connectivity index (χ2n) is 3.67. The van der Waals surface area contributed by atoms with Gasteiger partial charge in [0.2, 0.25) is 0 Å². The topological polar surface area (TPSA) is 33.3 Å². The molecule has 17 heavy (non-hydrogen) atoms. The summed E-state index contributed by atoms with van der Waals surface area (Å²) >= 11 is 8.60. The second-order valence-corrected chi connectivity index (χ2v) is 4.99. The third-order valence-electron chi connectivity index (χ3n) is 2.31. The zero-order chi connectivity index (χ0) is 12.7.